The van der Waals surface area contributed by atoms with E-state index in [0.717, 1.165) is 6.29 Å². The molecule has 0 bridgehead atoms. The summed E-state index contributed by atoms with van der Waals surface area (Å²) in [5.41, 5.74) is 1.82. The molecule has 0 saturated heterocycles. The summed E-state index contributed by atoms with van der Waals surface area (Å²) in [4.78, 5) is 15.6. The van der Waals surface area contributed by atoms with Crippen molar-refractivity contribution < 1.29 is 23.4 Å². The molecule has 6 nitrogen and oxygen atoms in total. The van der Waals surface area contributed by atoms with Gasteiger partial charge in [-0.2, -0.15) is 0 Å². The Bertz CT molecular complexity index is 916. The molecule has 0 atom stereocenters. The van der Waals surface area contributed by atoms with Gasteiger partial charge in [-0.15, -0.1) is 0 Å². The lowest BCUT2D eigenvalue weighted by Gasteiger charge is -2.07. The third kappa shape index (κ3) is 3.54. The van der Waals surface area contributed by atoms with Crippen molar-refractivity contribution in [1.29, 1.82) is 0 Å². The summed E-state index contributed by atoms with van der Waals surface area (Å²) in [6.07, 6.45) is 0.761. The zero-order chi connectivity index (χ0) is 18.5. The van der Waals surface area contributed by atoms with E-state index in [9.17, 15) is 4.79 Å². The minimum atomic E-state index is 0.187. The van der Waals surface area contributed by atoms with Gasteiger partial charge < -0.3 is 18.6 Å². The van der Waals surface area contributed by atoms with Gasteiger partial charge in [0, 0.05) is 0 Å². The molecular weight excluding hydrogens is 334 g/mol. The fourth-order valence-corrected chi connectivity index (χ4v) is 2.51. The molecule has 0 aliphatic heterocycles. The standard InChI is InChI=1S/C20H19NO5/c1-13-17(12-25-18-7-5-4-6-14(18)11-22)21-20(26-13)16-10-15(23-2)8-9-19(16)24-3/h4-11H,12H2,1-3H3. The van der Waals surface area contributed by atoms with Crippen LogP contribution in [-0.4, -0.2) is 25.5 Å². The van der Waals surface area contributed by atoms with Crippen LogP contribution in [-0.2, 0) is 6.61 Å². The van der Waals surface area contributed by atoms with E-state index in [1.165, 1.54) is 0 Å². The summed E-state index contributed by atoms with van der Waals surface area (Å²) in [6, 6.07) is 12.4. The first-order chi connectivity index (χ1) is 12.7. The Hall–Kier alpha value is -3.28. The lowest BCUT2D eigenvalue weighted by Crippen LogP contribution is -2.00. The zero-order valence-electron chi connectivity index (χ0n) is 14.8. The summed E-state index contributed by atoms with van der Waals surface area (Å²) in [7, 11) is 3.18. The number of methoxy groups -OCH3 is 2. The number of carbonyl (C=O) groups is 1. The van der Waals surface area contributed by atoms with Crippen molar-refractivity contribution in [3.63, 3.8) is 0 Å². The van der Waals surface area contributed by atoms with Crippen LogP contribution in [0.3, 0.4) is 0 Å². The van der Waals surface area contributed by atoms with Gasteiger partial charge in [0.1, 0.15) is 35.3 Å². The molecule has 3 aromatic rings. The van der Waals surface area contributed by atoms with Gasteiger partial charge >= 0.3 is 0 Å². The van der Waals surface area contributed by atoms with Gasteiger partial charge in [-0.3, -0.25) is 4.79 Å². The van der Waals surface area contributed by atoms with Gasteiger partial charge in [0.05, 0.1) is 25.3 Å². The van der Waals surface area contributed by atoms with Crippen LogP contribution in [0.15, 0.2) is 46.9 Å². The largest absolute Gasteiger partial charge is 0.497 e. The van der Waals surface area contributed by atoms with E-state index >= 15 is 0 Å². The highest BCUT2D eigenvalue weighted by Crippen LogP contribution is 2.34. The first-order valence-electron chi connectivity index (χ1n) is 8.02. The number of hydrogen-bond donors (Lipinski definition) is 0. The summed E-state index contributed by atoms with van der Waals surface area (Å²) < 4.78 is 22.2. The maximum absolute atomic E-state index is 11.1. The van der Waals surface area contributed by atoms with Crippen LogP contribution in [0, 0.1) is 6.92 Å². The van der Waals surface area contributed by atoms with Gasteiger partial charge in [0.2, 0.25) is 5.89 Å². The van der Waals surface area contributed by atoms with E-state index in [-0.39, 0.29) is 6.61 Å². The van der Waals surface area contributed by atoms with Crippen LogP contribution in [0.2, 0.25) is 0 Å². The van der Waals surface area contributed by atoms with Crippen LogP contribution in [0.4, 0.5) is 0 Å². The maximum atomic E-state index is 11.1. The number of ether oxygens (including phenoxy) is 3. The number of para-hydroxylation sites is 1. The van der Waals surface area contributed by atoms with E-state index < -0.39 is 0 Å². The van der Waals surface area contributed by atoms with Crippen molar-refractivity contribution in [2.45, 2.75) is 13.5 Å². The van der Waals surface area contributed by atoms with Crippen molar-refractivity contribution >= 4 is 6.29 Å². The van der Waals surface area contributed by atoms with E-state index in [1.54, 1.807) is 50.6 Å². The summed E-state index contributed by atoms with van der Waals surface area (Å²) >= 11 is 0. The monoisotopic (exact) mass is 353 g/mol. The molecule has 0 N–H and O–H groups in total. The van der Waals surface area contributed by atoms with Gasteiger partial charge in [0.25, 0.3) is 0 Å². The van der Waals surface area contributed by atoms with Crippen molar-refractivity contribution in [1.82, 2.24) is 4.98 Å². The summed E-state index contributed by atoms with van der Waals surface area (Å²) in [6.45, 7) is 2.00. The molecule has 2 aromatic carbocycles. The van der Waals surface area contributed by atoms with Crippen LogP contribution < -0.4 is 14.2 Å². The Balaban J connectivity index is 1.87. The van der Waals surface area contributed by atoms with Gasteiger partial charge in [0.15, 0.2) is 6.29 Å². The van der Waals surface area contributed by atoms with Crippen LogP contribution in [0.1, 0.15) is 21.8 Å². The van der Waals surface area contributed by atoms with Gasteiger partial charge in [-0.05, 0) is 37.3 Å². The van der Waals surface area contributed by atoms with Crippen molar-refractivity contribution in [3.8, 4) is 28.7 Å². The predicted octanol–water partition coefficient (Wildman–Crippen LogP) is 4.06. The molecule has 0 aliphatic rings. The average molecular weight is 353 g/mol. The lowest BCUT2D eigenvalue weighted by atomic mass is 10.2. The highest BCUT2D eigenvalue weighted by Gasteiger charge is 2.17. The molecule has 0 unspecified atom stereocenters. The Kier molecular flexibility index (Phi) is 5.22. The predicted molar refractivity (Wildman–Crippen MR) is 95.9 cm³/mol. The first kappa shape index (κ1) is 17.5. The van der Waals surface area contributed by atoms with Crippen molar-refractivity contribution in [3.05, 3.63) is 59.5 Å². The van der Waals surface area contributed by atoms with Crippen LogP contribution in [0.25, 0.3) is 11.5 Å². The third-order valence-corrected chi connectivity index (χ3v) is 3.94. The lowest BCUT2D eigenvalue weighted by molar-refractivity contribution is 0.111. The minimum absolute atomic E-state index is 0.187. The van der Waals surface area contributed by atoms with E-state index in [4.69, 9.17) is 18.6 Å². The number of nitrogens with zero attached hydrogens (tertiary/aromatic N) is 1. The molecule has 1 aromatic heterocycles. The number of rotatable bonds is 7. The number of aryl methyl sites for hydroxylation is 1. The van der Waals surface area contributed by atoms with Crippen molar-refractivity contribution in [2.24, 2.45) is 0 Å². The molecule has 0 amide bonds. The normalized spacial score (nSPS) is 10.4. The second-order valence-corrected chi connectivity index (χ2v) is 5.53. The maximum Gasteiger partial charge on any atom is 0.230 e. The number of benzene rings is 2. The molecule has 134 valence electrons. The SMILES string of the molecule is COc1ccc(OC)c(-c2nc(COc3ccccc3C=O)c(C)o2)c1. The highest BCUT2D eigenvalue weighted by atomic mass is 16.5. The number of aldehydes is 1. The Labute approximate surface area is 151 Å². The van der Waals surface area contributed by atoms with E-state index in [1.807, 2.05) is 13.0 Å². The van der Waals surface area contributed by atoms with Crippen LogP contribution in [0.5, 0.6) is 17.2 Å². The Morgan fingerprint density at radius 2 is 1.88 bits per heavy atom. The number of hydrogen-bond acceptors (Lipinski definition) is 6. The number of carbonyl (C=O) groups excluding carboxylic acids is 1. The molecule has 0 saturated carbocycles. The topological polar surface area (TPSA) is 70.8 Å². The van der Waals surface area contributed by atoms with Gasteiger partial charge in [-0.1, -0.05) is 12.1 Å². The number of aromatic nitrogens is 1. The smallest absolute Gasteiger partial charge is 0.230 e. The molecule has 1 heterocycles. The van der Waals surface area contributed by atoms with E-state index in [2.05, 4.69) is 4.98 Å². The zero-order valence-corrected chi connectivity index (χ0v) is 14.8. The molecule has 0 fully saturated rings. The molecule has 6 heteroatoms. The summed E-state index contributed by atoms with van der Waals surface area (Å²) in [5, 5.41) is 0. The second-order valence-electron chi connectivity index (χ2n) is 5.53. The first-order valence-corrected chi connectivity index (χ1v) is 8.02. The Morgan fingerprint density at radius 1 is 1.08 bits per heavy atom. The average Bonchev–Trinajstić information content (AvgIpc) is 3.06. The number of oxazole rings is 1. The van der Waals surface area contributed by atoms with E-state index in [0.29, 0.717) is 45.7 Å². The third-order valence-electron chi connectivity index (χ3n) is 3.94. The fraction of sp³-hybridized carbons (Fsp3) is 0.200. The minimum Gasteiger partial charge on any atom is -0.497 e. The molecule has 26 heavy (non-hydrogen) atoms. The summed E-state index contributed by atoms with van der Waals surface area (Å²) in [5.74, 6) is 2.86. The fourth-order valence-electron chi connectivity index (χ4n) is 2.51. The van der Waals surface area contributed by atoms with Gasteiger partial charge in [-0.25, -0.2) is 4.98 Å². The highest BCUT2D eigenvalue weighted by molar-refractivity contribution is 5.79. The molecular formula is C20H19NO5. The van der Waals surface area contributed by atoms with Crippen molar-refractivity contribution in [2.75, 3.05) is 14.2 Å². The Morgan fingerprint density at radius 3 is 2.62 bits per heavy atom. The second kappa shape index (κ2) is 7.74. The quantitative estimate of drug-likeness (QED) is 0.597. The molecule has 3 rings (SSSR count). The molecule has 0 spiro atoms. The molecule has 0 aliphatic carbocycles. The molecule has 0 radical (unpaired) electrons. The van der Waals surface area contributed by atoms with Crippen LogP contribution >= 0.6 is 0 Å².